The number of ether oxygens (including phenoxy) is 1. The molecule has 0 aliphatic heterocycles. The molecular formula is C12H8F17NO4S. The molecule has 0 saturated heterocycles. The van der Waals surface area contributed by atoms with Gasteiger partial charge in [-0.05, 0) is 6.92 Å². The first kappa shape index (κ1) is 33.2. The minimum atomic E-state index is -8.91. The lowest BCUT2D eigenvalue weighted by molar-refractivity contribution is -0.458. The number of alkyl halides is 17. The molecule has 0 bridgehead atoms. The Morgan fingerprint density at radius 1 is 0.629 bits per heavy atom. The van der Waals surface area contributed by atoms with Crippen molar-refractivity contribution in [1.29, 1.82) is 0 Å². The van der Waals surface area contributed by atoms with Gasteiger partial charge in [0.1, 0.15) is 6.54 Å². The number of rotatable bonds is 11. The van der Waals surface area contributed by atoms with Crippen molar-refractivity contribution in [3.8, 4) is 0 Å². The van der Waals surface area contributed by atoms with Crippen molar-refractivity contribution in [2.24, 2.45) is 0 Å². The van der Waals surface area contributed by atoms with E-state index in [0.29, 0.717) is 0 Å². The molecule has 0 amide bonds. The lowest BCUT2D eigenvalue weighted by Gasteiger charge is -2.42. The van der Waals surface area contributed by atoms with Crippen molar-refractivity contribution < 1.29 is 92.6 Å². The standard InChI is InChI=1S/C12H8F17NO4S/c1-2-34-4(31)3-30-35(32,33)12(28,29)10(23,24)8(19,20)6(15,16)5(13,14)7(17,18)9(21,22)11(25,26)27/h30H,2-3H2,1H3. The first-order chi connectivity index (χ1) is 15.0. The first-order valence-electron chi connectivity index (χ1n) is 7.82. The molecule has 210 valence electrons. The topological polar surface area (TPSA) is 72.5 Å². The number of halogens is 17. The van der Waals surface area contributed by atoms with Gasteiger partial charge in [-0.15, -0.1) is 0 Å². The van der Waals surface area contributed by atoms with Gasteiger partial charge in [-0.3, -0.25) is 4.79 Å². The van der Waals surface area contributed by atoms with Gasteiger partial charge in [0.25, 0.3) is 10.0 Å². The summed E-state index contributed by atoms with van der Waals surface area (Å²) in [6.45, 7) is -1.74. The molecule has 0 saturated carbocycles. The van der Waals surface area contributed by atoms with E-state index >= 15 is 0 Å². The lowest BCUT2D eigenvalue weighted by Crippen LogP contribution is -2.75. The zero-order valence-corrected chi connectivity index (χ0v) is 16.7. The molecule has 23 heteroatoms. The van der Waals surface area contributed by atoms with Gasteiger partial charge >= 0.3 is 52.9 Å². The number of esters is 1. The normalized spacial score (nSPS) is 15.8. The van der Waals surface area contributed by atoms with Crippen LogP contribution in [-0.2, 0) is 19.6 Å². The van der Waals surface area contributed by atoms with Crippen molar-refractivity contribution in [2.75, 3.05) is 13.2 Å². The van der Waals surface area contributed by atoms with Gasteiger partial charge in [-0.1, -0.05) is 0 Å². The minimum absolute atomic E-state index is 0.112. The van der Waals surface area contributed by atoms with Gasteiger partial charge in [-0.2, -0.15) is 79.4 Å². The van der Waals surface area contributed by atoms with Crippen LogP contribution in [-0.4, -0.2) is 74.5 Å². The quantitative estimate of drug-likeness (QED) is 0.288. The summed E-state index contributed by atoms with van der Waals surface area (Å²) in [6, 6.07) is 0. The molecular weight excluding hydrogens is 577 g/mol. The Hall–Kier alpha value is -1.81. The second-order valence-corrected chi connectivity index (χ2v) is 7.90. The smallest absolute Gasteiger partial charge is 0.460 e. The van der Waals surface area contributed by atoms with Crippen molar-refractivity contribution in [3.05, 3.63) is 0 Å². The van der Waals surface area contributed by atoms with Crippen LogP contribution in [0.4, 0.5) is 74.6 Å². The Morgan fingerprint density at radius 3 is 1.26 bits per heavy atom. The van der Waals surface area contributed by atoms with Crippen LogP contribution in [0.2, 0.25) is 0 Å². The molecule has 1 N–H and O–H groups in total. The second kappa shape index (κ2) is 8.94. The highest BCUT2D eigenvalue weighted by molar-refractivity contribution is 7.90. The van der Waals surface area contributed by atoms with E-state index in [1.165, 1.54) is 0 Å². The molecule has 35 heavy (non-hydrogen) atoms. The van der Waals surface area contributed by atoms with Crippen molar-refractivity contribution in [3.63, 3.8) is 0 Å². The summed E-state index contributed by atoms with van der Waals surface area (Å²) in [7, 11) is -7.51. The van der Waals surface area contributed by atoms with E-state index < -0.39 is 76.1 Å². The van der Waals surface area contributed by atoms with E-state index in [2.05, 4.69) is 4.74 Å². The van der Waals surface area contributed by atoms with E-state index in [4.69, 9.17) is 0 Å². The Morgan fingerprint density at radius 2 is 0.943 bits per heavy atom. The number of carbonyl (C=O) groups excluding carboxylic acids is 1. The van der Waals surface area contributed by atoms with Gasteiger partial charge in [-0.25, -0.2) is 8.42 Å². The molecule has 0 heterocycles. The summed E-state index contributed by atoms with van der Waals surface area (Å²) in [6.07, 6.45) is -7.90. The molecule has 5 nitrogen and oxygen atoms in total. The van der Waals surface area contributed by atoms with E-state index in [0.717, 1.165) is 6.92 Å². The van der Waals surface area contributed by atoms with Crippen LogP contribution in [0.5, 0.6) is 0 Å². The van der Waals surface area contributed by atoms with Gasteiger partial charge in [0, 0.05) is 0 Å². The summed E-state index contributed by atoms with van der Waals surface area (Å²) in [5.41, 5.74) is 0. The van der Waals surface area contributed by atoms with Gasteiger partial charge in [0.2, 0.25) is 0 Å². The van der Waals surface area contributed by atoms with E-state index in [-0.39, 0.29) is 4.72 Å². The Balaban J connectivity index is 6.72. The Kier molecular flexibility index (Phi) is 8.48. The predicted molar refractivity (Wildman–Crippen MR) is 74.2 cm³/mol. The fourth-order valence-corrected chi connectivity index (χ4v) is 2.73. The third-order valence-corrected chi connectivity index (χ3v) is 5.20. The second-order valence-electron chi connectivity index (χ2n) is 6.09. The van der Waals surface area contributed by atoms with Gasteiger partial charge in [0.15, 0.2) is 0 Å². The highest BCUT2D eigenvalue weighted by atomic mass is 32.2. The maximum absolute atomic E-state index is 13.6. The summed E-state index contributed by atoms with van der Waals surface area (Å²) < 4.78 is 249. The monoisotopic (exact) mass is 585 g/mol. The number of hydrogen-bond donors (Lipinski definition) is 1. The molecule has 0 atom stereocenters. The molecule has 0 aromatic carbocycles. The highest BCUT2D eigenvalue weighted by Crippen LogP contribution is 2.64. The maximum atomic E-state index is 13.6. The van der Waals surface area contributed by atoms with Crippen LogP contribution in [0.1, 0.15) is 6.92 Å². The molecule has 0 aliphatic carbocycles. The fourth-order valence-electron chi connectivity index (χ4n) is 1.77. The zero-order valence-electron chi connectivity index (χ0n) is 15.9. The fraction of sp³-hybridized carbons (Fsp3) is 0.917. The van der Waals surface area contributed by atoms with E-state index in [9.17, 15) is 87.8 Å². The van der Waals surface area contributed by atoms with Crippen molar-refractivity contribution in [2.45, 2.75) is 53.9 Å². The third-order valence-electron chi connectivity index (χ3n) is 3.74. The average Bonchev–Trinajstić information content (AvgIpc) is 2.64. The zero-order chi connectivity index (χ0) is 28.9. The summed E-state index contributed by atoms with van der Waals surface area (Å²) in [5.74, 6) is -53.9. The van der Waals surface area contributed by atoms with Crippen LogP contribution >= 0.6 is 0 Å². The van der Waals surface area contributed by atoms with Crippen molar-refractivity contribution in [1.82, 2.24) is 4.72 Å². The number of sulfonamides is 1. The van der Waals surface area contributed by atoms with Gasteiger partial charge in [0.05, 0.1) is 6.61 Å². The van der Waals surface area contributed by atoms with Crippen LogP contribution < -0.4 is 4.72 Å². The molecule has 0 radical (unpaired) electrons. The van der Waals surface area contributed by atoms with Crippen molar-refractivity contribution >= 4 is 16.0 Å². The Labute approximate surface area is 181 Å². The lowest BCUT2D eigenvalue weighted by atomic mass is 9.91. The summed E-state index contributed by atoms with van der Waals surface area (Å²) in [5, 5.41) is -7.72. The highest BCUT2D eigenvalue weighted by Gasteiger charge is 2.96. The van der Waals surface area contributed by atoms with Crippen LogP contribution in [0.3, 0.4) is 0 Å². The third kappa shape index (κ3) is 4.68. The van der Waals surface area contributed by atoms with Crippen LogP contribution in [0, 0.1) is 0 Å². The number of nitrogens with one attached hydrogen (secondary N) is 1. The number of carbonyl (C=O) groups is 1. The molecule has 0 aromatic heterocycles. The minimum Gasteiger partial charge on any atom is -0.465 e. The van der Waals surface area contributed by atoms with Crippen LogP contribution in [0.25, 0.3) is 0 Å². The first-order valence-corrected chi connectivity index (χ1v) is 9.30. The molecule has 0 aliphatic rings. The summed E-state index contributed by atoms with van der Waals surface area (Å²) in [4.78, 5) is 10.8. The van der Waals surface area contributed by atoms with E-state index in [1.54, 1.807) is 0 Å². The van der Waals surface area contributed by atoms with E-state index in [1.807, 2.05) is 0 Å². The molecule has 0 aromatic rings. The maximum Gasteiger partial charge on any atom is 0.460 e. The number of hydrogen-bond acceptors (Lipinski definition) is 4. The summed E-state index contributed by atoms with van der Waals surface area (Å²) >= 11 is 0. The predicted octanol–water partition coefficient (Wildman–Crippen LogP) is 4.44. The molecule has 0 fully saturated rings. The molecule has 0 spiro atoms. The molecule has 0 rings (SSSR count). The SMILES string of the molecule is CCOC(=O)CNS(=O)(=O)C(F)(F)C(F)(F)C(F)(F)C(F)(F)C(F)(F)C(F)(F)C(F)(F)C(F)(F)F. The average molecular weight is 585 g/mol. The molecule has 0 unspecified atom stereocenters. The van der Waals surface area contributed by atoms with Crippen LogP contribution in [0.15, 0.2) is 0 Å². The largest absolute Gasteiger partial charge is 0.465 e. The Bertz CT molecular complexity index is 895. The van der Waals surface area contributed by atoms with Gasteiger partial charge < -0.3 is 4.74 Å².